The number of methoxy groups -OCH3 is 1. The molecule has 0 saturated carbocycles. The highest BCUT2D eigenvalue weighted by Crippen LogP contribution is 2.36. The van der Waals surface area contributed by atoms with Crippen LogP contribution in [0.3, 0.4) is 0 Å². The van der Waals surface area contributed by atoms with Gasteiger partial charge >= 0.3 is 0 Å². The fourth-order valence-corrected chi connectivity index (χ4v) is 3.35. The Morgan fingerprint density at radius 3 is 2.32 bits per heavy atom. The molecule has 0 spiro atoms. The molecule has 3 rings (SSSR count). The van der Waals surface area contributed by atoms with Gasteiger partial charge in [0.15, 0.2) is 0 Å². The lowest BCUT2D eigenvalue weighted by atomic mass is 10.0. The Morgan fingerprint density at radius 1 is 1.04 bits per heavy atom. The molecule has 0 aliphatic carbocycles. The zero-order chi connectivity index (χ0) is 20.4. The Balaban J connectivity index is 2.15. The monoisotopic (exact) mass is 380 g/mol. The van der Waals surface area contributed by atoms with E-state index in [0.29, 0.717) is 22.6 Å². The summed E-state index contributed by atoms with van der Waals surface area (Å²) in [5, 5.41) is 9.35. The molecule has 0 atom stereocenters. The minimum atomic E-state index is -0.388. The third kappa shape index (κ3) is 3.27. The largest absolute Gasteiger partial charge is 0.497 e. The minimum Gasteiger partial charge on any atom is -0.497 e. The summed E-state index contributed by atoms with van der Waals surface area (Å²) >= 11 is 0. The van der Waals surface area contributed by atoms with E-state index in [9.17, 15) is 14.7 Å². The number of aryl methyl sites for hydroxylation is 1. The molecule has 0 aromatic heterocycles. The van der Waals surface area contributed by atoms with Crippen LogP contribution in [0.25, 0.3) is 5.57 Å². The van der Waals surface area contributed by atoms with E-state index >= 15 is 0 Å². The Hall–Kier alpha value is -3.12. The highest BCUT2D eigenvalue weighted by Gasteiger charge is 2.42. The zero-order valence-electron chi connectivity index (χ0n) is 16.5. The van der Waals surface area contributed by atoms with Crippen LogP contribution in [-0.2, 0) is 9.59 Å². The Bertz CT molecular complexity index is 948. The number of anilines is 1. The summed E-state index contributed by atoms with van der Waals surface area (Å²) < 4.78 is 5.19. The molecule has 0 fully saturated rings. The summed E-state index contributed by atoms with van der Waals surface area (Å²) in [6, 6.07) is 12.6. The molecule has 0 bridgehead atoms. The first kappa shape index (κ1) is 19.6. The molecule has 1 aliphatic heterocycles. The number of imide groups is 1. The molecular weight excluding hydrogens is 356 g/mol. The van der Waals surface area contributed by atoms with Crippen LogP contribution < -0.4 is 9.64 Å². The molecule has 28 heavy (non-hydrogen) atoms. The first-order chi connectivity index (χ1) is 13.4. The van der Waals surface area contributed by atoms with Gasteiger partial charge in [0, 0.05) is 13.6 Å². The van der Waals surface area contributed by atoms with Crippen molar-refractivity contribution in [2.45, 2.75) is 13.8 Å². The molecule has 0 radical (unpaired) electrons. The van der Waals surface area contributed by atoms with E-state index in [0.717, 1.165) is 11.1 Å². The molecule has 1 aliphatic rings. The topological polar surface area (TPSA) is 70.1 Å². The summed E-state index contributed by atoms with van der Waals surface area (Å²) in [6.07, 6.45) is 0. The first-order valence-corrected chi connectivity index (χ1v) is 9.06. The van der Waals surface area contributed by atoms with Gasteiger partial charge in [0.2, 0.25) is 0 Å². The number of likely N-dealkylation sites (N-methyl/N-ethyl adjacent to an activating group) is 1. The van der Waals surface area contributed by atoms with Crippen molar-refractivity contribution in [3.63, 3.8) is 0 Å². The maximum absolute atomic E-state index is 13.4. The Kier molecular flexibility index (Phi) is 5.51. The summed E-state index contributed by atoms with van der Waals surface area (Å²) in [4.78, 5) is 29.5. The van der Waals surface area contributed by atoms with Gasteiger partial charge in [0.1, 0.15) is 11.4 Å². The van der Waals surface area contributed by atoms with Crippen LogP contribution in [0, 0.1) is 13.8 Å². The third-order valence-electron chi connectivity index (χ3n) is 5.07. The smallest absolute Gasteiger partial charge is 0.282 e. The van der Waals surface area contributed by atoms with Crippen molar-refractivity contribution in [2.24, 2.45) is 0 Å². The van der Waals surface area contributed by atoms with Gasteiger partial charge in [-0.25, -0.2) is 4.90 Å². The van der Waals surface area contributed by atoms with Gasteiger partial charge in [-0.15, -0.1) is 0 Å². The van der Waals surface area contributed by atoms with Crippen molar-refractivity contribution in [3.8, 4) is 5.75 Å². The van der Waals surface area contributed by atoms with Crippen LogP contribution in [0.1, 0.15) is 16.7 Å². The minimum absolute atomic E-state index is 0.124. The molecule has 2 aromatic carbocycles. The van der Waals surface area contributed by atoms with E-state index in [1.807, 2.05) is 26.0 Å². The second-order valence-electron chi connectivity index (χ2n) is 6.76. The number of nitrogens with zero attached hydrogens (tertiary/aromatic N) is 2. The van der Waals surface area contributed by atoms with E-state index in [1.165, 1.54) is 4.90 Å². The van der Waals surface area contributed by atoms with E-state index in [4.69, 9.17) is 4.74 Å². The number of hydrogen-bond acceptors (Lipinski definition) is 5. The van der Waals surface area contributed by atoms with Crippen molar-refractivity contribution < 1.29 is 19.4 Å². The number of carbonyl (C=O) groups is 2. The van der Waals surface area contributed by atoms with Gasteiger partial charge in [-0.3, -0.25) is 9.59 Å². The maximum atomic E-state index is 13.4. The van der Waals surface area contributed by atoms with Crippen LogP contribution >= 0.6 is 0 Å². The summed E-state index contributed by atoms with van der Waals surface area (Å²) in [6.45, 7) is 3.96. The first-order valence-electron chi connectivity index (χ1n) is 9.06. The number of amides is 2. The average molecular weight is 380 g/mol. The van der Waals surface area contributed by atoms with Crippen molar-refractivity contribution in [3.05, 3.63) is 64.9 Å². The molecule has 6 nitrogen and oxygen atoms in total. The lowest BCUT2D eigenvalue weighted by Crippen LogP contribution is -2.35. The second-order valence-corrected chi connectivity index (χ2v) is 6.76. The fraction of sp³-hybridized carbons (Fsp3) is 0.273. The number of ether oxygens (including phenoxy) is 1. The lowest BCUT2D eigenvalue weighted by molar-refractivity contribution is -0.120. The summed E-state index contributed by atoms with van der Waals surface area (Å²) in [5.74, 6) is -0.0955. The van der Waals surface area contributed by atoms with Crippen molar-refractivity contribution in [2.75, 3.05) is 32.2 Å². The number of aliphatic hydroxyl groups is 1. The molecule has 2 aromatic rings. The van der Waals surface area contributed by atoms with Crippen LogP contribution in [0.15, 0.2) is 48.2 Å². The predicted octanol–water partition coefficient (Wildman–Crippen LogP) is 2.52. The van der Waals surface area contributed by atoms with E-state index in [-0.39, 0.29) is 30.7 Å². The van der Waals surface area contributed by atoms with E-state index in [1.54, 1.807) is 49.4 Å². The predicted molar refractivity (Wildman–Crippen MR) is 108 cm³/mol. The molecular formula is C22H24N2O4. The number of rotatable bonds is 6. The van der Waals surface area contributed by atoms with Gasteiger partial charge in [0.05, 0.1) is 25.0 Å². The van der Waals surface area contributed by atoms with E-state index in [2.05, 4.69) is 0 Å². The molecule has 2 amide bonds. The SMILES string of the molecule is COc1ccc(C2=C(N(C)CCO)C(=O)N(c3cccc(C)c3C)C2=O)cc1. The molecule has 1 N–H and O–H groups in total. The third-order valence-corrected chi connectivity index (χ3v) is 5.07. The number of hydrogen-bond donors (Lipinski definition) is 1. The number of aliphatic hydroxyl groups excluding tert-OH is 1. The van der Waals surface area contributed by atoms with Gasteiger partial charge in [-0.2, -0.15) is 0 Å². The average Bonchev–Trinajstić information content (AvgIpc) is 2.95. The fourth-order valence-electron chi connectivity index (χ4n) is 3.35. The second kappa shape index (κ2) is 7.86. The highest BCUT2D eigenvalue weighted by molar-refractivity contribution is 6.45. The highest BCUT2D eigenvalue weighted by atomic mass is 16.5. The Morgan fingerprint density at radius 2 is 1.71 bits per heavy atom. The number of benzene rings is 2. The van der Waals surface area contributed by atoms with Crippen molar-refractivity contribution >= 4 is 23.1 Å². The van der Waals surface area contributed by atoms with Crippen LogP contribution in [0.4, 0.5) is 5.69 Å². The van der Waals surface area contributed by atoms with Crippen molar-refractivity contribution in [1.82, 2.24) is 4.90 Å². The molecule has 146 valence electrons. The zero-order valence-corrected chi connectivity index (χ0v) is 16.5. The maximum Gasteiger partial charge on any atom is 0.282 e. The van der Waals surface area contributed by atoms with Gasteiger partial charge in [-0.05, 0) is 48.7 Å². The molecule has 1 heterocycles. The van der Waals surface area contributed by atoms with Gasteiger partial charge in [0.25, 0.3) is 11.8 Å². The Labute approximate surface area is 164 Å². The van der Waals surface area contributed by atoms with Gasteiger partial charge < -0.3 is 14.7 Å². The van der Waals surface area contributed by atoms with Crippen LogP contribution in [-0.4, -0.2) is 49.1 Å². The van der Waals surface area contributed by atoms with E-state index < -0.39 is 0 Å². The summed E-state index contributed by atoms with van der Waals surface area (Å²) in [7, 11) is 3.27. The van der Waals surface area contributed by atoms with Crippen molar-refractivity contribution in [1.29, 1.82) is 0 Å². The van der Waals surface area contributed by atoms with Crippen LogP contribution in [0.2, 0.25) is 0 Å². The van der Waals surface area contributed by atoms with Crippen LogP contribution in [0.5, 0.6) is 5.75 Å². The summed E-state index contributed by atoms with van der Waals surface area (Å²) in [5.41, 5.74) is 3.69. The standard InChI is InChI=1S/C22H24N2O4/c1-14-6-5-7-18(15(14)2)24-21(26)19(16-8-10-17(28-4)11-9-16)20(22(24)27)23(3)12-13-25/h5-11,25H,12-13H2,1-4H3. The molecule has 6 heteroatoms. The van der Waals surface area contributed by atoms with Gasteiger partial charge in [-0.1, -0.05) is 24.3 Å². The lowest BCUT2D eigenvalue weighted by Gasteiger charge is -2.21. The molecule has 0 unspecified atom stereocenters. The normalized spacial score (nSPS) is 14.1. The molecule has 0 saturated heterocycles. The quantitative estimate of drug-likeness (QED) is 0.780. The number of carbonyl (C=O) groups excluding carboxylic acids is 2.